The molecule has 120 valence electrons. The topological polar surface area (TPSA) is 37.3 Å². The quantitative estimate of drug-likeness (QED) is 0.307. The molecule has 0 radical (unpaired) electrons. The molecular formula is C18H31O2S+. The maximum Gasteiger partial charge on any atom is 0.690 e. The summed E-state index contributed by atoms with van der Waals surface area (Å²) in [5, 5.41) is 0. The first-order chi connectivity index (χ1) is 10.3. The Bertz CT molecular complexity index is 314. The molecular weight excluding hydrogens is 280 g/mol. The molecule has 0 aliphatic heterocycles. The van der Waals surface area contributed by atoms with Gasteiger partial charge >= 0.3 is 11.9 Å². The predicted octanol–water partition coefficient (Wildman–Crippen LogP) is 6.04. The van der Waals surface area contributed by atoms with Crippen LogP contribution in [0.1, 0.15) is 76.7 Å². The third kappa shape index (κ3) is 15.4. The average Bonchev–Trinajstić information content (AvgIpc) is 2.51. The van der Waals surface area contributed by atoms with Crippen molar-refractivity contribution in [2.45, 2.75) is 77.6 Å². The molecule has 0 aliphatic carbocycles. The lowest BCUT2D eigenvalue weighted by molar-refractivity contribution is 0.538. The van der Waals surface area contributed by atoms with Gasteiger partial charge in [-0.25, -0.2) is 0 Å². The maximum absolute atomic E-state index is 8.40. The van der Waals surface area contributed by atoms with Crippen LogP contribution < -0.4 is 0 Å². The van der Waals surface area contributed by atoms with Crippen molar-refractivity contribution in [3.05, 3.63) is 35.9 Å². The second-order valence-corrected chi connectivity index (χ2v) is 5.64. The smallest absolute Gasteiger partial charge is 0.0737 e. The molecule has 0 heterocycles. The number of benzene rings is 1. The second-order valence-electron chi connectivity index (χ2n) is 5.49. The molecule has 0 saturated carbocycles. The van der Waals surface area contributed by atoms with Crippen molar-refractivity contribution in [2.24, 2.45) is 0 Å². The molecule has 2 nitrogen and oxygen atoms in total. The normalized spacial score (nSPS) is 9.81. The van der Waals surface area contributed by atoms with Crippen LogP contribution in [0.25, 0.3) is 0 Å². The van der Waals surface area contributed by atoms with Crippen LogP contribution in [0.3, 0.4) is 0 Å². The van der Waals surface area contributed by atoms with Crippen LogP contribution in [0.15, 0.2) is 30.3 Å². The lowest BCUT2D eigenvalue weighted by Crippen LogP contribution is -1.86. The highest BCUT2D eigenvalue weighted by Crippen LogP contribution is 2.12. The number of unbranched alkanes of at least 4 members (excludes halogenated alkanes) is 9. The Labute approximate surface area is 134 Å². The molecule has 0 amide bonds. The summed E-state index contributed by atoms with van der Waals surface area (Å²) in [6.45, 7) is 2.28. The van der Waals surface area contributed by atoms with Crippen LogP contribution in [0, 0.1) is 0 Å². The lowest BCUT2D eigenvalue weighted by Gasteiger charge is -2.03. The van der Waals surface area contributed by atoms with Gasteiger partial charge in [0.1, 0.15) is 0 Å². The fourth-order valence-electron chi connectivity index (χ4n) is 2.46. The highest BCUT2D eigenvalue weighted by Gasteiger charge is 1.94. The van der Waals surface area contributed by atoms with Gasteiger partial charge in [0, 0.05) is 0 Å². The second kappa shape index (κ2) is 17.3. The lowest BCUT2D eigenvalue weighted by atomic mass is 10.0. The molecule has 1 N–H and O–H groups in total. The van der Waals surface area contributed by atoms with E-state index in [9.17, 15) is 0 Å². The summed E-state index contributed by atoms with van der Waals surface area (Å²) >= 11 is -0.500. The molecule has 1 rings (SSSR count). The summed E-state index contributed by atoms with van der Waals surface area (Å²) in [5.74, 6) is 0. The van der Waals surface area contributed by atoms with E-state index < -0.39 is 11.9 Å². The molecule has 0 unspecified atom stereocenters. The predicted molar refractivity (Wildman–Crippen MR) is 92.7 cm³/mol. The number of aryl methyl sites for hydroxylation is 1. The first kappa shape index (κ1) is 20.2. The minimum absolute atomic E-state index is 0.500. The van der Waals surface area contributed by atoms with Gasteiger partial charge in [-0.2, -0.15) is 0 Å². The van der Waals surface area contributed by atoms with Crippen molar-refractivity contribution < 1.29 is 8.76 Å². The molecule has 3 heteroatoms. The standard InChI is InChI=1S/C18H30.O2S/c1-2-3-4-5-6-7-8-9-10-12-15-18-16-13-11-14-17-18;1-3-2/h11,13-14,16-17H,2-10,12,15H2,1H3;/p+1. The molecule has 0 bridgehead atoms. The zero-order valence-corrected chi connectivity index (χ0v) is 14.2. The summed E-state index contributed by atoms with van der Waals surface area (Å²) in [6, 6.07) is 10.9. The van der Waals surface area contributed by atoms with Gasteiger partial charge in [-0.3, -0.25) is 0 Å². The van der Waals surface area contributed by atoms with Crippen LogP contribution in [0.2, 0.25) is 0 Å². The molecule has 0 aromatic heterocycles. The molecule has 0 aliphatic rings. The minimum atomic E-state index is -0.500. The molecule has 0 spiro atoms. The van der Waals surface area contributed by atoms with Gasteiger partial charge in [-0.15, -0.1) is 0 Å². The van der Waals surface area contributed by atoms with E-state index in [1.54, 1.807) is 0 Å². The Hall–Kier alpha value is -0.800. The fourth-order valence-corrected chi connectivity index (χ4v) is 2.46. The van der Waals surface area contributed by atoms with Gasteiger partial charge in [0.15, 0.2) is 0 Å². The molecule has 1 aromatic carbocycles. The summed E-state index contributed by atoms with van der Waals surface area (Å²) in [5.41, 5.74) is 1.50. The van der Waals surface area contributed by atoms with Crippen molar-refractivity contribution in [3.63, 3.8) is 0 Å². The molecule has 1 aromatic rings. The van der Waals surface area contributed by atoms with E-state index in [4.69, 9.17) is 8.76 Å². The SMILES string of the molecule is CCCCCCCCCCCCc1ccccc1.O=[S+]O. The van der Waals surface area contributed by atoms with Crippen LogP contribution in [-0.4, -0.2) is 4.55 Å². The Morgan fingerprint density at radius 2 is 1.24 bits per heavy atom. The van der Waals surface area contributed by atoms with Crippen molar-refractivity contribution >= 4 is 11.9 Å². The van der Waals surface area contributed by atoms with E-state index in [1.165, 1.54) is 76.2 Å². The van der Waals surface area contributed by atoms with Gasteiger partial charge < -0.3 is 0 Å². The summed E-state index contributed by atoms with van der Waals surface area (Å²) in [4.78, 5) is 0. The summed E-state index contributed by atoms with van der Waals surface area (Å²) < 4.78 is 15.3. The summed E-state index contributed by atoms with van der Waals surface area (Å²) in [7, 11) is 0. The first-order valence-corrected chi connectivity index (χ1v) is 9.02. The van der Waals surface area contributed by atoms with Gasteiger partial charge in [0.25, 0.3) is 0 Å². The Morgan fingerprint density at radius 1 is 0.810 bits per heavy atom. The largest absolute Gasteiger partial charge is 0.690 e. The molecule has 0 saturated heterocycles. The van der Waals surface area contributed by atoms with Gasteiger partial charge in [0.2, 0.25) is 0 Å². The number of hydrogen-bond donors (Lipinski definition) is 1. The van der Waals surface area contributed by atoms with E-state index in [1.807, 2.05) is 0 Å². The van der Waals surface area contributed by atoms with Gasteiger partial charge in [-0.1, -0.05) is 99.6 Å². The zero-order chi connectivity index (χ0) is 15.6. The van der Waals surface area contributed by atoms with E-state index in [2.05, 4.69) is 37.3 Å². The van der Waals surface area contributed by atoms with E-state index in [0.29, 0.717) is 0 Å². The van der Waals surface area contributed by atoms with Crippen molar-refractivity contribution in [1.82, 2.24) is 0 Å². The van der Waals surface area contributed by atoms with Crippen LogP contribution in [-0.2, 0) is 22.6 Å². The van der Waals surface area contributed by atoms with E-state index in [-0.39, 0.29) is 0 Å². The van der Waals surface area contributed by atoms with Crippen LogP contribution in [0.5, 0.6) is 0 Å². The van der Waals surface area contributed by atoms with Crippen molar-refractivity contribution in [3.8, 4) is 0 Å². The van der Waals surface area contributed by atoms with Gasteiger partial charge in [0.05, 0.1) is 4.21 Å². The van der Waals surface area contributed by atoms with E-state index in [0.717, 1.165) is 0 Å². The maximum atomic E-state index is 8.40. The highest BCUT2D eigenvalue weighted by atomic mass is 32.2. The third-order valence-electron chi connectivity index (χ3n) is 3.66. The molecule has 0 fully saturated rings. The minimum Gasteiger partial charge on any atom is -0.0737 e. The molecule has 0 atom stereocenters. The number of rotatable bonds is 11. The Balaban J connectivity index is 0.00000122. The Kier molecular flexibility index (Phi) is 16.6. The van der Waals surface area contributed by atoms with Crippen molar-refractivity contribution in [1.29, 1.82) is 0 Å². The first-order valence-electron chi connectivity index (χ1n) is 8.32. The monoisotopic (exact) mass is 311 g/mol. The number of hydrogen-bond acceptors (Lipinski definition) is 1. The van der Waals surface area contributed by atoms with Gasteiger partial charge in [-0.05, 0) is 18.4 Å². The summed E-state index contributed by atoms with van der Waals surface area (Å²) in [6.07, 6.45) is 15.5. The van der Waals surface area contributed by atoms with E-state index >= 15 is 0 Å². The highest BCUT2D eigenvalue weighted by molar-refractivity contribution is 7.59. The van der Waals surface area contributed by atoms with Crippen molar-refractivity contribution in [2.75, 3.05) is 0 Å². The van der Waals surface area contributed by atoms with Crippen LogP contribution in [0.4, 0.5) is 0 Å². The zero-order valence-electron chi connectivity index (χ0n) is 13.4. The third-order valence-corrected chi connectivity index (χ3v) is 3.66. The molecule has 21 heavy (non-hydrogen) atoms. The Morgan fingerprint density at radius 3 is 1.71 bits per heavy atom. The fraction of sp³-hybridized carbons (Fsp3) is 0.667. The van der Waals surface area contributed by atoms with Crippen LogP contribution >= 0.6 is 0 Å². The average molecular weight is 312 g/mol.